The first kappa shape index (κ1) is 25.3. The fraction of sp³-hybridized carbons (Fsp3) is 0.300. The molecule has 2 heterocycles. The van der Waals surface area contributed by atoms with E-state index in [0.29, 0.717) is 12.0 Å². The van der Waals surface area contributed by atoms with Crippen LogP contribution < -0.4 is 0 Å². The molecule has 1 saturated heterocycles. The van der Waals surface area contributed by atoms with Gasteiger partial charge in [-0.15, -0.1) is 0 Å². The lowest BCUT2D eigenvalue weighted by atomic mass is 9.81. The summed E-state index contributed by atoms with van der Waals surface area (Å²) >= 11 is 0. The van der Waals surface area contributed by atoms with Crippen LogP contribution in [0.3, 0.4) is 0 Å². The fourth-order valence-electron chi connectivity index (χ4n) is 5.52. The topological polar surface area (TPSA) is 102 Å². The first-order valence-electron chi connectivity index (χ1n) is 12.6. The zero-order valence-corrected chi connectivity index (χ0v) is 21.5. The number of imide groups is 1. The Labute approximate surface area is 221 Å². The van der Waals surface area contributed by atoms with Crippen LogP contribution in [-0.2, 0) is 16.0 Å². The van der Waals surface area contributed by atoms with Crippen molar-refractivity contribution in [2.24, 2.45) is 16.8 Å². The molecule has 0 aliphatic carbocycles. The number of ether oxygens (including phenoxy) is 1. The normalized spacial score (nSPS) is 24.1. The molecule has 4 atom stereocenters. The molecular weight excluding hydrogens is 482 g/mol. The molecule has 0 N–H and O–H groups in total. The lowest BCUT2D eigenvalue weighted by Gasteiger charge is -2.31. The Balaban J connectivity index is 1.54. The van der Waals surface area contributed by atoms with E-state index in [-0.39, 0.29) is 17.5 Å². The highest BCUT2D eigenvalue weighted by atomic mass is 16.6. The Morgan fingerprint density at radius 3 is 2.21 bits per heavy atom. The Bertz CT molecular complexity index is 1390. The average molecular weight is 512 g/mol. The number of nitrogens with zero attached hydrogens (tertiary/aromatic N) is 3. The van der Waals surface area contributed by atoms with E-state index in [0.717, 1.165) is 16.8 Å². The number of amides is 2. The van der Waals surface area contributed by atoms with Gasteiger partial charge in [0.1, 0.15) is 5.60 Å². The molecule has 3 aromatic rings. The molecule has 1 fully saturated rings. The van der Waals surface area contributed by atoms with Crippen molar-refractivity contribution in [3.8, 4) is 0 Å². The molecular formula is C30H29N3O5. The van der Waals surface area contributed by atoms with Crippen molar-refractivity contribution in [2.45, 2.75) is 44.9 Å². The molecule has 5 rings (SSSR count). The SMILES string of the molecule is C[C@@H]1C(c2ccccc2)=N[C@@H](c2ccc([N+](=O)[O-])cc2)[C@H]1C(=O)N1C(=O)OC(C)(C)[C@@H]1Cc1ccccc1. The smallest absolute Gasteiger partial charge is 0.417 e. The second-order valence-corrected chi connectivity index (χ2v) is 10.4. The minimum absolute atomic E-state index is 0.0391. The van der Waals surface area contributed by atoms with Crippen LogP contribution in [0.1, 0.15) is 43.5 Å². The maximum atomic E-state index is 14.3. The number of cyclic esters (lactones) is 1. The summed E-state index contributed by atoms with van der Waals surface area (Å²) in [6.07, 6.45) is -0.204. The number of nitro groups is 1. The van der Waals surface area contributed by atoms with Gasteiger partial charge in [0.25, 0.3) is 5.69 Å². The number of carbonyl (C=O) groups is 2. The third-order valence-corrected chi connectivity index (χ3v) is 7.56. The standard InChI is InChI=1S/C30H29N3O5/c1-19-25(28(34)32-24(30(2,3)38-29(32)35)18-20-10-6-4-7-11-20)27(22-14-16-23(17-15-22)33(36)37)31-26(19)21-12-8-5-9-13-21/h4-17,19,24-25,27H,18H2,1-3H3/t19-,24-,25-,27-/m0/s1. The van der Waals surface area contributed by atoms with Crippen LogP contribution in [-0.4, -0.2) is 39.2 Å². The van der Waals surface area contributed by atoms with E-state index >= 15 is 0 Å². The van der Waals surface area contributed by atoms with Gasteiger partial charge in [0.15, 0.2) is 0 Å². The van der Waals surface area contributed by atoms with Crippen LogP contribution in [0, 0.1) is 22.0 Å². The predicted octanol–water partition coefficient (Wildman–Crippen LogP) is 5.76. The summed E-state index contributed by atoms with van der Waals surface area (Å²) in [6, 6.07) is 24.3. The van der Waals surface area contributed by atoms with Crippen molar-refractivity contribution in [1.29, 1.82) is 0 Å². The van der Waals surface area contributed by atoms with Gasteiger partial charge in [-0.05, 0) is 37.0 Å². The number of carbonyl (C=O) groups excluding carboxylic acids is 2. The predicted molar refractivity (Wildman–Crippen MR) is 143 cm³/mol. The molecule has 8 nitrogen and oxygen atoms in total. The first-order valence-corrected chi connectivity index (χ1v) is 12.6. The molecule has 3 aromatic carbocycles. The summed E-state index contributed by atoms with van der Waals surface area (Å²) in [7, 11) is 0. The minimum atomic E-state index is -0.879. The van der Waals surface area contributed by atoms with Gasteiger partial charge in [-0.25, -0.2) is 9.69 Å². The second-order valence-electron chi connectivity index (χ2n) is 10.4. The van der Waals surface area contributed by atoms with Gasteiger partial charge >= 0.3 is 6.09 Å². The number of aliphatic imine (C=N–C) groups is 1. The summed E-state index contributed by atoms with van der Waals surface area (Å²) in [4.78, 5) is 44.5. The van der Waals surface area contributed by atoms with Gasteiger partial charge in [0.2, 0.25) is 5.91 Å². The number of non-ortho nitro benzene ring substituents is 1. The summed E-state index contributed by atoms with van der Waals surface area (Å²) in [6.45, 7) is 5.59. The number of nitro benzene ring substituents is 1. The van der Waals surface area contributed by atoms with E-state index in [1.165, 1.54) is 17.0 Å². The third-order valence-electron chi connectivity index (χ3n) is 7.56. The van der Waals surface area contributed by atoms with Gasteiger partial charge in [-0.1, -0.05) is 79.7 Å². The number of hydrogen-bond acceptors (Lipinski definition) is 6. The van der Waals surface area contributed by atoms with Gasteiger partial charge in [0.05, 0.1) is 22.9 Å². The Morgan fingerprint density at radius 2 is 1.61 bits per heavy atom. The maximum Gasteiger partial charge on any atom is 0.417 e. The molecule has 0 saturated carbocycles. The van der Waals surface area contributed by atoms with Crippen molar-refractivity contribution in [3.05, 3.63) is 112 Å². The van der Waals surface area contributed by atoms with Crippen molar-refractivity contribution in [1.82, 2.24) is 4.90 Å². The summed E-state index contributed by atoms with van der Waals surface area (Å²) in [5.74, 6) is -1.35. The summed E-state index contributed by atoms with van der Waals surface area (Å²) in [5, 5.41) is 11.2. The van der Waals surface area contributed by atoms with Gasteiger partial charge in [0, 0.05) is 23.8 Å². The van der Waals surface area contributed by atoms with E-state index in [1.807, 2.05) is 81.4 Å². The van der Waals surface area contributed by atoms with Gasteiger partial charge in [-0.3, -0.25) is 19.9 Å². The molecule has 0 aromatic heterocycles. The third kappa shape index (κ3) is 4.58. The van der Waals surface area contributed by atoms with Crippen molar-refractivity contribution in [2.75, 3.05) is 0 Å². The van der Waals surface area contributed by atoms with E-state index in [1.54, 1.807) is 12.1 Å². The zero-order chi connectivity index (χ0) is 27.0. The zero-order valence-electron chi connectivity index (χ0n) is 21.5. The molecule has 194 valence electrons. The molecule has 2 amide bonds. The van der Waals surface area contributed by atoms with E-state index in [4.69, 9.17) is 9.73 Å². The number of hydrogen-bond donors (Lipinski definition) is 0. The highest BCUT2D eigenvalue weighted by molar-refractivity contribution is 6.08. The number of rotatable bonds is 6. The molecule has 0 spiro atoms. The van der Waals surface area contributed by atoms with E-state index in [2.05, 4.69) is 0 Å². The van der Waals surface area contributed by atoms with Gasteiger partial charge in [-0.2, -0.15) is 0 Å². The fourth-order valence-corrected chi connectivity index (χ4v) is 5.52. The molecule has 0 radical (unpaired) electrons. The van der Waals surface area contributed by atoms with E-state index < -0.39 is 34.6 Å². The van der Waals surface area contributed by atoms with Gasteiger partial charge < -0.3 is 4.74 Å². The molecule has 2 aliphatic heterocycles. The Kier molecular flexibility index (Phi) is 6.57. The highest BCUT2D eigenvalue weighted by Gasteiger charge is 2.54. The van der Waals surface area contributed by atoms with Crippen molar-refractivity contribution < 1.29 is 19.2 Å². The largest absolute Gasteiger partial charge is 0.441 e. The van der Waals surface area contributed by atoms with Crippen molar-refractivity contribution >= 4 is 23.4 Å². The quantitative estimate of drug-likeness (QED) is 0.309. The average Bonchev–Trinajstić information content (AvgIpc) is 3.36. The molecule has 2 aliphatic rings. The van der Waals surface area contributed by atoms with Crippen LogP contribution in [0.2, 0.25) is 0 Å². The van der Waals surface area contributed by atoms with Crippen molar-refractivity contribution in [3.63, 3.8) is 0 Å². The van der Waals surface area contributed by atoms with Crippen LogP contribution in [0.15, 0.2) is 89.9 Å². The maximum absolute atomic E-state index is 14.3. The Hall–Kier alpha value is -4.33. The summed E-state index contributed by atoms with van der Waals surface area (Å²) < 4.78 is 5.71. The lowest BCUT2D eigenvalue weighted by Crippen LogP contribution is -2.49. The monoisotopic (exact) mass is 511 g/mol. The van der Waals surface area contributed by atoms with Crippen LogP contribution in [0.4, 0.5) is 10.5 Å². The highest BCUT2D eigenvalue weighted by Crippen LogP contribution is 2.44. The lowest BCUT2D eigenvalue weighted by molar-refractivity contribution is -0.384. The summed E-state index contributed by atoms with van der Waals surface area (Å²) in [5.41, 5.74) is 2.41. The molecule has 8 heteroatoms. The molecule has 0 bridgehead atoms. The number of benzene rings is 3. The van der Waals surface area contributed by atoms with E-state index in [9.17, 15) is 19.7 Å². The Morgan fingerprint density at radius 1 is 1.00 bits per heavy atom. The molecule has 0 unspecified atom stereocenters. The molecule has 38 heavy (non-hydrogen) atoms. The minimum Gasteiger partial charge on any atom is -0.441 e. The van der Waals surface area contributed by atoms with Crippen LogP contribution in [0.25, 0.3) is 0 Å². The van der Waals surface area contributed by atoms with Crippen LogP contribution >= 0.6 is 0 Å². The first-order chi connectivity index (χ1) is 18.2. The second kappa shape index (κ2) is 9.85. The van der Waals surface area contributed by atoms with Crippen LogP contribution in [0.5, 0.6) is 0 Å².